The van der Waals surface area contributed by atoms with Crippen LogP contribution in [0.2, 0.25) is 0 Å². The van der Waals surface area contributed by atoms with Crippen molar-refractivity contribution in [3.63, 3.8) is 0 Å². The van der Waals surface area contributed by atoms with E-state index in [2.05, 4.69) is 46.5 Å². The summed E-state index contributed by atoms with van der Waals surface area (Å²) in [4.78, 5) is 4.51. The summed E-state index contributed by atoms with van der Waals surface area (Å²) in [7, 11) is 0. The van der Waals surface area contributed by atoms with E-state index in [0.29, 0.717) is 6.04 Å². The highest BCUT2D eigenvalue weighted by molar-refractivity contribution is 5.85. The Labute approximate surface area is 89.0 Å². The van der Waals surface area contributed by atoms with Crippen LogP contribution in [0.4, 0.5) is 0 Å². The predicted molar refractivity (Wildman–Crippen MR) is 64.6 cm³/mol. The summed E-state index contributed by atoms with van der Waals surface area (Å²) in [5.74, 6) is 1.53. The quantitative estimate of drug-likeness (QED) is 0.546. The molecular formula is C12H26N2. The number of aliphatic imine (C=N–C) groups is 1. The van der Waals surface area contributed by atoms with Crippen molar-refractivity contribution in [3.05, 3.63) is 0 Å². The molecule has 2 N–H and O–H groups in total. The summed E-state index contributed by atoms with van der Waals surface area (Å²) in [5, 5.41) is 0. The Morgan fingerprint density at radius 3 is 2.00 bits per heavy atom. The first kappa shape index (κ1) is 13.5. The minimum absolute atomic E-state index is 0.00604. The number of nitrogens with two attached hydrogens (primary N) is 1. The molecule has 84 valence electrons. The minimum atomic E-state index is 0.00604. The Morgan fingerprint density at radius 1 is 1.14 bits per heavy atom. The Bertz CT molecular complexity index is 187. The summed E-state index contributed by atoms with van der Waals surface area (Å²) in [6.45, 7) is 12.9. The zero-order chi connectivity index (χ0) is 11.4. The average molecular weight is 198 g/mol. The normalized spacial score (nSPS) is 16.1. The van der Waals surface area contributed by atoms with Gasteiger partial charge in [0.1, 0.15) is 0 Å². The van der Waals surface area contributed by atoms with Crippen molar-refractivity contribution < 1.29 is 0 Å². The molecule has 1 atom stereocenters. The standard InChI is InChI=1S/C12H26N2/c1-9(2)7-8-10(3)14-11(13)12(4,5)6/h9-10H,7-8H2,1-6H3,(H2,13,14). The largest absolute Gasteiger partial charge is 0.387 e. The molecule has 1 unspecified atom stereocenters. The van der Waals surface area contributed by atoms with E-state index in [0.717, 1.165) is 18.2 Å². The second-order valence-corrected chi connectivity index (χ2v) is 5.58. The fourth-order valence-corrected chi connectivity index (χ4v) is 1.07. The molecule has 0 aliphatic rings. The zero-order valence-corrected chi connectivity index (χ0v) is 10.6. The molecule has 0 saturated carbocycles. The molecule has 2 heteroatoms. The third-order valence-electron chi connectivity index (χ3n) is 2.29. The maximum absolute atomic E-state index is 5.91. The molecule has 0 heterocycles. The molecule has 0 aromatic carbocycles. The van der Waals surface area contributed by atoms with Gasteiger partial charge in [-0.2, -0.15) is 0 Å². The number of hydrogen-bond acceptors (Lipinski definition) is 1. The van der Waals surface area contributed by atoms with Crippen LogP contribution < -0.4 is 5.73 Å². The van der Waals surface area contributed by atoms with Crippen molar-refractivity contribution in [2.45, 2.75) is 60.4 Å². The topological polar surface area (TPSA) is 38.4 Å². The highest BCUT2D eigenvalue weighted by atomic mass is 14.9. The Hall–Kier alpha value is -0.530. The van der Waals surface area contributed by atoms with Gasteiger partial charge in [0.15, 0.2) is 0 Å². The second kappa shape index (κ2) is 5.38. The highest BCUT2D eigenvalue weighted by Gasteiger charge is 2.16. The van der Waals surface area contributed by atoms with E-state index in [1.54, 1.807) is 0 Å². The van der Waals surface area contributed by atoms with E-state index in [1.165, 1.54) is 6.42 Å². The van der Waals surface area contributed by atoms with Gasteiger partial charge in [0.05, 0.1) is 5.84 Å². The summed E-state index contributed by atoms with van der Waals surface area (Å²) in [6, 6.07) is 0.358. The van der Waals surface area contributed by atoms with Gasteiger partial charge in [0.25, 0.3) is 0 Å². The fraction of sp³-hybridized carbons (Fsp3) is 0.917. The lowest BCUT2D eigenvalue weighted by Gasteiger charge is -2.19. The van der Waals surface area contributed by atoms with Crippen LogP contribution in [-0.2, 0) is 0 Å². The molecule has 0 rings (SSSR count). The van der Waals surface area contributed by atoms with Crippen molar-refractivity contribution in [1.82, 2.24) is 0 Å². The molecule has 0 radical (unpaired) electrons. The van der Waals surface area contributed by atoms with Crippen molar-refractivity contribution in [1.29, 1.82) is 0 Å². The number of nitrogens with zero attached hydrogens (tertiary/aromatic N) is 1. The van der Waals surface area contributed by atoms with Crippen LogP contribution in [0.3, 0.4) is 0 Å². The van der Waals surface area contributed by atoms with Gasteiger partial charge in [0, 0.05) is 11.5 Å². The monoisotopic (exact) mass is 198 g/mol. The summed E-state index contributed by atoms with van der Waals surface area (Å²) < 4.78 is 0. The molecule has 0 aliphatic heterocycles. The van der Waals surface area contributed by atoms with Gasteiger partial charge in [-0.15, -0.1) is 0 Å². The van der Waals surface area contributed by atoms with Crippen LogP contribution in [0, 0.1) is 11.3 Å². The van der Waals surface area contributed by atoms with E-state index >= 15 is 0 Å². The molecule has 2 nitrogen and oxygen atoms in total. The molecule has 0 spiro atoms. The lowest BCUT2D eigenvalue weighted by molar-refractivity contribution is 0.507. The van der Waals surface area contributed by atoms with Crippen LogP contribution in [0.5, 0.6) is 0 Å². The predicted octanol–water partition coefficient (Wildman–Crippen LogP) is 3.21. The van der Waals surface area contributed by atoms with Gasteiger partial charge in [-0.1, -0.05) is 34.6 Å². The first-order valence-electron chi connectivity index (χ1n) is 5.57. The summed E-state index contributed by atoms with van der Waals surface area (Å²) in [5.41, 5.74) is 5.91. The van der Waals surface area contributed by atoms with Crippen molar-refractivity contribution in [2.75, 3.05) is 0 Å². The fourth-order valence-electron chi connectivity index (χ4n) is 1.07. The third kappa shape index (κ3) is 6.01. The van der Waals surface area contributed by atoms with Crippen LogP contribution in [-0.4, -0.2) is 11.9 Å². The Kier molecular flexibility index (Phi) is 5.17. The van der Waals surface area contributed by atoms with Gasteiger partial charge in [-0.25, -0.2) is 0 Å². The maximum atomic E-state index is 5.91. The molecule has 0 amide bonds. The zero-order valence-electron chi connectivity index (χ0n) is 10.6. The average Bonchev–Trinajstić information content (AvgIpc) is 1.99. The Morgan fingerprint density at radius 2 is 1.64 bits per heavy atom. The summed E-state index contributed by atoms with van der Waals surface area (Å²) in [6.07, 6.45) is 2.36. The molecule has 0 aromatic heterocycles. The van der Waals surface area contributed by atoms with Crippen LogP contribution in [0.1, 0.15) is 54.4 Å². The molecule has 0 bridgehead atoms. The Balaban J connectivity index is 4.09. The summed E-state index contributed by atoms with van der Waals surface area (Å²) >= 11 is 0. The molecule has 0 fully saturated rings. The maximum Gasteiger partial charge on any atom is 0.0994 e. The lowest BCUT2D eigenvalue weighted by atomic mass is 9.95. The van der Waals surface area contributed by atoms with E-state index < -0.39 is 0 Å². The molecule has 0 aromatic rings. The van der Waals surface area contributed by atoms with E-state index in [4.69, 9.17) is 5.73 Å². The first-order valence-corrected chi connectivity index (χ1v) is 5.57. The highest BCUT2D eigenvalue weighted by Crippen LogP contribution is 2.15. The number of hydrogen-bond donors (Lipinski definition) is 1. The van der Waals surface area contributed by atoms with Crippen molar-refractivity contribution >= 4 is 5.84 Å². The van der Waals surface area contributed by atoms with Gasteiger partial charge in [-0.05, 0) is 25.7 Å². The smallest absolute Gasteiger partial charge is 0.0994 e. The molecular weight excluding hydrogens is 172 g/mol. The molecule has 0 saturated heterocycles. The van der Waals surface area contributed by atoms with Crippen LogP contribution in [0.15, 0.2) is 4.99 Å². The molecule has 0 aliphatic carbocycles. The van der Waals surface area contributed by atoms with Crippen LogP contribution in [0.25, 0.3) is 0 Å². The van der Waals surface area contributed by atoms with Crippen molar-refractivity contribution in [3.8, 4) is 0 Å². The van der Waals surface area contributed by atoms with Gasteiger partial charge < -0.3 is 5.73 Å². The minimum Gasteiger partial charge on any atom is -0.387 e. The van der Waals surface area contributed by atoms with Gasteiger partial charge >= 0.3 is 0 Å². The van der Waals surface area contributed by atoms with E-state index in [-0.39, 0.29) is 5.41 Å². The first-order chi connectivity index (χ1) is 6.23. The van der Waals surface area contributed by atoms with Crippen molar-refractivity contribution in [2.24, 2.45) is 22.1 Å². The van der Waals surface area contributed by atoms with E-state index in [1.807, 2.05) is 0 Å². The third-order valence-corrected chi connectivity index (χ3v) is 2.29. The van der Waals surface area contributed by atoms with E-state index in [9.17, 15) is 0 Å². The molecule has 14 heavy (non-hydrogen) atoms. The number of amidine groups is 1. The SMILES string of the molecule is CC(C)CCC(C)N=C(N)C(C)(C)C. The van der Waals surface area contributed by atoms with Gasteiger partial charge in [-0.3, -0.25) is 4.99 Å². The number of rotatable bonds is 4. The van der Waals surface area contributed by atoms with Crippen LogP contribution >= 0.6 is 0 Å². The van der Waals surface area contributed by atoms with Gasteiger partial charge in [0.2, 0.25) is 0 Å². The second-order valence-electron chi connectivity index (χ2n) is 5.58. The lowest BCUT2D eigenvalue weighted by Crippen LogP contribution is -2.30.